The van der Waals surface area contributed by atoms with Crippen molar-refractivity contribution in [1.82, 2.24) is 10.2 Å². The highest BCUT2D eigenvalue weighted by Crippen LogP contribution is 2.26. The first-order valence-corrected chi connectivity index (χ1v) is 12.0. The van der Waals surface area contributed by atoms with Gasteiger partial charge in [0.1, 0.15) is 12.1 Å². The van der Waals surface area contributed by atoms with Gasteiger partial charge in [0, 0.05) is 30.4 Å². The van der Waals surface area contributed by atoms with Crippen molar-refractivity contribution in [1.29, 1.82) is 0 Å². The molecule has 1 unspecified atom stereocenters. The average molecular weight is 425 g/mol. The van der Waals surface area contributed by atoms with Gasteiger partial charge in [0.25, 0.3) is 0 Å². The van der Waals surface area contributed by atoms with Gasteiger partial charge in [-0.2, -0.15) is 0 Å². The smallest absolute Gasteiger partial charge is 0.326 e. The second-order valence-corrected chi connectivity index (χ2v) is 9.67. The first kappa shape index (κ1) is 22.6. The Labute approximate surface area is 174 Å². The Bertz CT molecular complexity index is 671. The lowest BCUT2D eigenvalue weighted by Gasteiger charge is -2.27. The van der Waals surface area contributed by atoms with Crippen LogP contribution >= 0.6 is 21.6 Å². The molecule has 1 aliphatic rings. The number of rotatable bonds is 10. The summed E-state index contributed by atoms with van der Waals surface area (Å²) in [5, 5.41) is 12.2. The highest BCUT2D eigenvalue weighted by molar-refractivity contribution is 8.76. The Hall–Kier alpha value is -1.67. The minimum Gasteiger partial charge on any atom is -0.480 e. The number of carboxylic acids is 1. The molecule has 8 heteroatoms. The van der Waals surface area contributed by atoms with Crippen LogP contribution in [0.5, 0.6) is 0 Å². The molecule has 2 amide bonds. The molecule has 28 heavy (non-hydrogen) atoms. The lowest BCUT2D eigenvalue weighted by Crippen LogP contribution is -2.52. The molecule has 0 saturated carbocycles. The van der Waals surface area contributed by atoms with Crippen LogP contribution in [0.4, 0.5) is 0 Å². The third-order valence-electron chi connectivity index (χ3n) is 4.68. The van der Waals surface area contributed by atoms with Crippen LogP contribution in [-0.4, -0.2) is 57.9 Å². The van der Waals surface area contributed by atoms with Gasteiger partial charge in [0.05, 0.1) is 0 Å². The van der Waals surface area contributed by atoms with Crippen molar-refractivity contribution in [3.05, 3.63) is 35.9 Å². The number of aliphatic carboxylic acids is 1. The van der Waals surface area contributed by atoms with Gasteiger partial charge in [-0.3, -0.25) is 9.59 Å². The van der Waals surface area contributed by atoms with Crippen LogP contribution in [0.25, 0.3) is 0 Å². The molecule has 1 aromatic rings. The van der Waals surface area contributed by atoms with Gasteiger partial charge in [-0.1, -0.05) is 65.8 Å². The maximum atomic E-state index is 12.8. The highest BCUT2D eigenvalue weighted by atomic mass is 33.1. The largest absolute Gasteiger partial charge is 0.480 e. The molecule has 2 N–H and O–H groups in total. The molecule has 3 atom stereocenters. The molecular weight excluding hydrogens is 396 g/mol. The van der Waals surface area contributed by atoms with Gasteiger partial charge >= 0.3 is 5.97 Å². The SMILES string of the molecule is CCSSCC(C)C(=O)N1CCC[C@H]1C(=O)N[C@@H](Cc1ccccc1)C(=O)O. The van der Waals surface area contributed by atoms with E-state index in [9.17, 15) is 19.5 Å². The summed E-state index contributed by atoms with van der Waals surface area (Å²) in [6, 6.07) is 7.60. The van der Waals surface area contributed by atoms with Gasteiger partial charge in [-0.15, -0.1) is 0 Å². The summed E-state index contributed by atoms with van der Waals surface area (Å²) >= 11 is 0. The van der Waals surface area contributed by atoms with Crippen molar-refractivity contribution < 1.29 is 19.5 Å². The lowest BCUT2D eigenvalue weighted by molar-refractivity contribution is -0.144. The topological polar surface area (TPSA) is 86.7 Å². The second kappa shape index (κ2) is 11.4. The average Bonchev–Trinajstić information content (AvgIpc) is 3.17. The van der Waals surface area contributed by atoms with E-state index in [2.05, 4.69) is 12.2 Å². The van der Waals surface area contributed by atoms with Crippen molar-refractivity contribution >= 4 is 39.4 Å². The second-order valence-electron chi connectivity index (χ2n) is 6.87. The number of nitrogens with one attached hydrogen (secondary N) is 1. The molecule has 1 saturated heterocycles. The van der Waals surface area contributed by atoms with E-state index in [-0.39, 0.29) is 24.2 Å². The standard InChI is InChI=1S/C20H28N2O4S2/c1-3-27-28-13-14(2)19(24)22-11-7-10-17(22)18(23)21-16(20(25)26)12-15-8-5-4-6-9-15/h4-6,8-9,14,16-17H,3,7,10-13H2,1-2H3,(H,21,23)(H,25,26)/t14?,16-,17-/m0/s1. The number of carbonyl (C=O) groups is 3. The van der Waals surface area contributed by atoms with E-state index in [4.69, 9.17) is 0 Å². The molecule has 2 rings (SSSR count). The Kier molecular flexibility index (Phi) is 9.18. The molecule has 1 heterocycles. The van der Waals surface area contributed by atoms with Crippen molar-refractivity contribution in [2.45, 2.75) is 45.2 Å². The molecule has 1 aromatic carbocycles. The molecule has 0 aromatic heterocycles. The zero-order valence-corrected chi connectivity index (χ0v) is 17.9. The molecule has 0 bridgehead atoms. The number of nitrogens with zero attached hydrogens (tertiary/aromatic N) is 1. The van der Waals surface area contributed by atoms with Gasteiger partial charge in [0.2, 0.25) is 11.8 Å². The summed E-state index contributed by atoms with van der Waals surface area (Å²) in [5.41, 5.74) is 0.841. The van der Waals surface area contributed by atoms with Gasteiger partial charge in [-0.25, -0.2) is 4.79 Å². The Morgan fingerprint density at radius 1 is 1.25 bits per heavy atom. The molecule has 6 nitrogen and oxygen atoms in total. The summed E-state index contributed by atoms with van der Waals surface area (Å²) < 4.78 is 0. The van der Waals surface area contributed by atoms with E-state index in [0.717, 1.165) is 17.7 Å². The minimum absolute atomic E-state index is 0.0308. The summed E-state index contributed by atoms with van der Waals surface area (Å²) in [5.74, 6) is 0.0342. The van der Waals surface area contributed by atoms with Gasteiger partial charge in [-0.05, 0) is 18.4 Å². The van der Waals surface area contributed by atoms with Gasteiger partial charge < -0.3 is 15.3 Å². The van der Waals surface area contributed by atoms with Crippen molar-refractivity contribution in [2.75, 3.05) is 18.1 Å². The number of likely N-dealkylation sites (tertiary alicyclic amines) is 1. The Balaban J connectivity index is 1.98. The Morgan fingerprint density at radius 3 is 2.61 bits per heavy atom. The molecule has 0 aliphatic carbocycles. The summed E-state index contributed by atoms with van der Waals surface area (Å²) in [6.45, 7) is 4.50. The molecule has 1 aliphatic heterocycles. The number of amides is 2. The third-order valence-corrected chi connectivity index (χ3v) is 7.33. The molecule has 0 radical (unpaired) electrons. The molecule has 0 spiro atoms. The van der Waals surface area contributed by atoms with Crippen molar-refractivity contribution in [3.63, 3.8) is 0 Å². The molecule has 1 fully saturated rings. The zero-order valence-electron chi connectivity index (χ0n) is 16.3. The van der Waals surface area contributed by atoms with Crippen molar-refractivity contribution in [3.8, 4) is 0 Å². The summed E-state index contributed by atoms with van der Waals surface area (Å²) in [7, 11) is 3.38. The first-order chi connectivity index (χ1) is 13.4. The van der Waals surface area contributed by atoms with Crippen LogP contribution in [0.1, 0.15) is 32.3 Å². The highest BCUT2D eigenvalue weighted by Gasteiger charge is 2.37. The lowest BCUT2D eigenvalue weighted by atomic mass is 10.1. The maximum absolute atomic E-state index is 12.8. The van der Waals surface area contributed by atoms with E-state index in [0.29, 0.717) is 18.7 Å². The van der Waals surface area contributed by atoms with Crippen molar-refractivity contribution in [2.24, 2.45) is 5.92 Å². The minimum atomic E-state index is -1.07. The zero-order chi connectivity index (χ0) is 20.5. The van der Waals surface area contributed by atoms with E-state index < -0.39 is 18.1 Å². The summed E-state index contributed by atoms with van der Waals surface area (Å²) in [6.07, 6.45) is 1.53. The third kappa shape index (κ3) is 6.44. The first-order valence-electron chi connectivity index (χ1n) is 9.56. The molecular formula is C20H28N2O4S2. The monoisotopic (exact) mass is 424 g/mol. The van der Waals surface area contributed by atoms with Crippen LogP contribution < -0.4 is 5.32 Å². The van der Waals surface area contributed by atoms with E-state index in [1.54, 1.807) is 26.5 Å². The quantitative estimate of drug-likeness (QED) is 0.444. The Morgan fingerprint density at radius 2 is 1.96 bits per heavy atom. The predicted octanol–water partition coefficient (Wildman–Crippen LogP) is 2.83. The van der Waals surface area contributed by atoms with Crippen LogP contribution in [0, 0.1) is 5.92 Å². The fraction of sp³-hybridized carbons (Fsp3) is 0.550. The number of hydrogen-bond donors (Lipinski definition) is 2. The normalized spacial score (nSPS) is 18.5. The number of hydrogen-bond acceptors (Lipinski definition) is 5. The predicted molar refractivity (Wildman–Crippen MR) is 114 cm³/mol. The maximum Gasteiger partial charge on any atom is 0.326 e. The van der Waals surface area contributed by atoms with Gasteiger partial charge in [0.15, 0.2) is 0 Å². The van der Waals surface area contributed by atoms with E-state index in [1.165, 1.54) is 0 Å². The fourth-order valence-corrected chi connectivity index (χ4v) is 5.22. The molecule has 154 valence electrons. The van der Waals surface area contributed by atoms with E-state index in [1.807, 2.05) is 37.3 Å². The van der Waals surface area contributed by atoms with Crippen LogP contribution in [-0.2, 0) is 20.8 Å². The van der Waals surface area contributed by atoms with E-state index >= 15 is 0 Å². The van der Waals surface area contributed by atoms with Crippen LogP contribution in [0.15, 0.2) is 30.3 Å². The number of carbonyl (C=O) groups excluding carboxylic acids is 2. The number of benzene rings is 1. The number of carboxylic acid groups (broad SMARTS) is 1. The van der Waals surface area contributed by atoms with Crippen LogP contribution in [0.2, 0.25) is 0 Å². The summed E-state index contributed by atoms with van der Waals surface area (Å²) in [4.78, 5) is 38.8. The fourth-order valence-electron chi connectivity index (χ4n) is 3.21. The van der Waals surface area contributed by atoms with Crippen LogP contribution in [0.3, 0.4) is 0 Å².